The van der Waals surface area contributed by atoms with Crippen LogP contribution in [0.1, 0.15) is 48.4 Å². The highest BCUT2D eigenvalue weighted by molar-refractivity contribution is 7.19. The summed E-state index contributed by atoms with van der Waals surface area (Å²) in [6, 6.07) is 4.14. The van der Waals surface area contributed by atoms with Crippen molar-refractivity contribution in [2.24, 2.45) is 11.8 Å². The van der Waals surface area contributed by atoms with E-state index in [0.717, 1.165) is 30.4 Å². The molecule has 0 fully saturated rings. The van der Waals surface area contributed by atoms with Crippen LogP contribution in [0.2, 0.25) is 0 Å². The van der Waals surface area contributed by atoms with Gasteiger partial charge < -0.3 is 4.42 Å². The number of hydrogen-bond acceptors (Lipinski definition) is 3. The number of aryl methyl sites for hydroxylation is 2. The molecule has 0 saturated heterocycles. The van der Waals surface area contributed by atoms with E-state index in [9.17, 15) is 0 Å². The Morgan fingerprint density at radius 1 is 1.08 bits per heavy atom. The second-order valence-corrected chi connectivity index (χ2v) is 8.85. The molecule has 124 valence electrons. The van der Waals surface area contributed by atoms with Crippen molar-refractivity contribution < 1.29 is 4.42 Å². The molecular formula is C21H23NOS. The maximum atomic E-state index is 5.89. The SMILES string of the molecule is CC1CCc2c(sc3nc4c(c(-c5ccco5)c23)CC(C)CC4)C1. The quantitative estimate of drug-likeness (QED) is 0.560. The molecule has 0 saturated carbocycles. The molecule has 2 aliphatic carbocycles. The normalized spacial score (nSPS) is 23.2. The van der Waals surface area contributed by atoms with Crippen LogP contribution < -0.4 is 0 Å². The van der Waals surface area contributed by atoms with E-state index in [1.165, 1.54) is 52.7 Å². The molecule has 0 bridgehead atoms. The number of furan rings is 1. The lowest BCUT2D eigenvalue weighted by Gasteiger charge is -2.24. The Kier molecular flexibility index (Phi) is 3.34. The summed E-state index contributed by atoms with van der Waals surface area (Å²) in [5.74, 6) is 2.57. The molecule has 2 unspecified atom stereocenters. The van der Waals surface area contributed by atoms with Crippen molar-refractivity contribution >= 4 is 21.6 Å². The second kappa shape index (κ2) is 5.45. The van der Waals surface area contributed by atoms with Gasteiger partial charge in [0.05, 0.1) is 6.26 Å². The number of pyridine rings is 1. The number of rotatable bonds is 1. The van der Waals surface area contributed by atoms with Crippen LogP contribution in [0.25, 0.3) is 21.5 Å². The van der Waals surface area contributed by atoms with Gasteiger partial charge in [-0.2, -0.15) is 0 Å². The van der Waals surface area contributed by atoms with E-state index in [-0.39, 0.29) is 0 Å². The van der Waals surface area contributed by atoms with Gasteiger partial charge in [0.25, 0.3) is 0 Å². The highest BCUT2D eigenvalue weighted by Crippen LogP contribution is 2.45. The van der Waals surface area contributed by atoms with Gasteiger partial charge in [-0.25, -0.2) is 4.98 Å². The molecule has 2 aliphatic rings. The minimum atomic E-state index is 0.736. The van der Waals surface area contributed by atoms with Gasteiger partial charge >= 0.3 is 0 Å². The summed E-state index contributed by atoms with van der Waals surface area (Å²) < 4.78 is 5.89. The molecule has 5 rings (SSSR count). The number of fused-ring (bicyclic) bond motifs is 4. The fourth-order valence-corrected chi connectivity index (χ4v) is 5.92. The van der Waals surface area contributed by atoms with Crippen LogP contribution in [-0.2, 0) is 25.7 Å². The van der Waals surface area contributed by atoms with Crippen LogP contribution in [-0.4, -0.2) is 4.98 Å². The van der Waals surface area contributed by atoms with Crippen molar-refractivity contribution in [3.05, 3.63) is 40.1 Å². The molecule has 0 aromatic carbocycles. The first-order valence-electron chi connectivity index (χ1n) is 9.20. The van der Waals surface area contributed by atoms with Gasteiger partial charge in [0.2, 0.25) is 0 Å². The number of hydrogen-bond donors (Lipinski definition) is 0. The van der Waals surface area contributed by atoms with Crippen molar-refractivity contribution in [2.75, 3.05) is 0 Å². The lowest BCUT2D eigenvalue weighted by atomic mass is 9.82. The number of thiophene rings is 1. The van der Waals surface area contributed by atoms with Gasteiger partial charge in [0.15, 0.2) is 0 Å². The van der Waals surface area contributed by atoms with Gasteiger partial charge in [-0.1, -0.05) is 13.8 Å². The Morgan fingerprint density at radius 3 is 2.75 bits per heavy atom. The maximum absolute atomic E-state index is 5.89. The van der Waals surface area contributed by atoms with Crippen molar-refractivity contribution in [2.45, 2.75) is 52.4 Å². The highest BCUT2D eigenvalue weighted by atomic mass is 32.1. The molecule has 3 heterocycles. The Hall–Kier alpha value is -1.61. The van der Waals surface area contributed by atoms with Gasteiger partial charge in [0.1, 0.15) is 10.6 Å². The number of nitrogens with zero attached hydrogens (tertiary/aromatic N) is 1. The monoisotopic (exact) mass is 337 g/mol. The predicted octanol–water partition coefficient (Wildman–Crippen LogP) is 5.81. The van der Waals surface area contributed by atoms with Gasteiger partial charge in [0, 0.05) is 21.5 Å². The largest absolute Gasteiger partial charge is 0.464 e. The zero-order valence-electron chi connectivity index (χ0n) is 14.4. The first-order chi connectivity index (χ1) is 11.7. The molecule has 3 heteroatoms. The Balaban J connectivity index is 1.85. The topological polar surface area (TPSA) is 26.0 Å². The van der Waals surface area contributed by atoms with E-state index in [1.54, 1.807) is 16.7 Å². The maximum Gasteiger partial charge on any atom is 0.134 e. The average Bonchev–Trinajstić information content (AvgIpc) is 3.19. The van der Waals surface area contributed by atoms with E-state index in [2.05, 4.69) is 19.9 Å². The first-order valence-corrected chi connectivity index (χ1v) is 10.0. The van der Waals surface area contributed by atoms with Crippen LogP contribution in [0.3, 0.4) is 0 Å². The van der Waals surface area contributed by atoms with E-state index in [1.807, 2.05) is 17.4 Å². The zero-order valence-corrected chi connectivity index (χ0v) is 15.2. The number of aromatic nitrogens is 1. The Bertz CT molecular complexity index is 906. The predicted molar refractivity (Wildman–Crippen MR) is 99.7 cm³/mol. The zero-order chi connectivity index (χ0) is 16.3. The fourth-order valence-electron chi connectivity index (χ4n) is 4.51. The average molecular weight is 337 g/mol. The third-order valence-electron chi connectivity index (χ3n) is 5.82. The molecular weight excluding hydrogens is 314 g/mol. The molecule has 0 aliphatic heterocycles. The van der Waals surface area contributed by atoms with Crippen molar-refractivity contribution in [1.29, 1.82) is 0 Å². The minimum absolute atomic E-state index is 0.736. The Labute approximate surface area is 146 Å². The van der Waals surface area contributed by atoms with E-state index in [0.29, 0.717) is 0 Å². The van der Waals surface area contributed by atoms with Gasteiger partial charge in [-0.3, -0.25) is 0 Å². The summed E-state index contributed by atoms with van der Waals surface area (Å²) >= 11 is 1.94. The standard InChI is InChI=1S/C21H23NOS/c1-12-6-8-16-15(10-12)19(17-4-3-9-23-17)20-14-7-5-13(2)11-18(14)24-21(20)22-16/h3-4,9,12-13H,5-8,10-11H2,1-2H3. The molecule has 2 nitrogen and oxygen atoms in total. The minimum Gasteiger partial charge on any atom is -0.464 e. The first kappa shape index (κ1) is 14.7. The van der Waals surface area contributed by atoms with Crippen LogP contribution in [0.4, 0.5) is 0 Å². The third-order valence-corrected chi connectivity index (χ3v) is 6.97. The summed E-state index contributed by atoms with van der Waals surface area (Å²) in [7, 11) is 0. The fraction of sp³-hybridized carbons (Fsp3) is 0.476. The highest BCUT2D eigenvalue weighted by Gasteiger charge is 2.29. The molecule has 3 aromatic heterocycles. The van der Waals surface area contributed by atoms with Crippen molar-refractivity contribution in [3.63, 3.8) is 0 Å². The third kappa shape index (κ3) is 2.17. The molecule has 24 heavy (non-hydrogen) atoms. The molecule has 0 N–H and O–H groups in total. The van der Waals surface area contributed by atoms with E-state index >= 15 is 0 Å². The van der Waals surface area contributed by atoms with Crippen molar-refractivity contribution in [1.82, 2.24) is 4.98 Å². The lowest BCUT2D eigenvalue weighted by molar-refractivity contribution is 0.494. The van der Waals surface area contributed by atoms with Crippen LogP contribution in [0.5, 0.6) is 0 Å². The smallest absolute Gasteiger partial charge is 0.134 e. The molecule has 0 spiro atoms. The summed E-state index contributed by atoms with van der Waals surface area (Å²) in [5, 5.41) is 1.41. The molecule has 0 amide bonds. The molecule has 0 radical (unpaired) electrons. The Morgan fingerprint density at radius 2 is 1.92 bits per heavy atom. The summed E-state index contributed by atoms with van der Waals surface area (Å²) in [4.78, 5) is 7.94. The molecule has 2 atom stereocenters. The summed E-state index contributed by atoms with van der Waals surface area (Å²) in [5.41, 5.74) is 5.70. The summed E-state index contributed by atoms with van der Waals surface area (Å²) in [6.45, 7) is 4.74. The summed E-state index contributed by atoms with van der Waals surface area (Å²) in [6.07, 6.45) is 9.01. The van der Waals surface area contributed by atoms with E-state index < -0.39 is 0 Å². The van der Waals surface area contributed by atoms with Crippen LogP contribution in [0.15, 0.2) is 22.8 Å². The van der Waals surface area contributed by atoms with Gasteiger partial charge in [-0.15, -0.1) is 11.3 Å². The lowest BCUT2D eigenvalue weighted by Crippen LogP contribution is -2.14. The van der Waals surface area contributed by atoms with Crippen LogP contribution >= 0.6 is 11.3 Å². The second-order valence-electron chi connectivity index (χ2n) is 7.77. The molecule has 3 aromatic rings. The van der Waals surface area contributed by atoms with Crippen LogP contribution in [0, 0.1) is 11.8 Å². The van der Waals surface area contributed by atoms with E-state index in [4.69, 9.17) is 9.40 Å². The van der Waals surface area contributed by atoms with Gasteiger partial charge in [-0.05, 0) is 73.6 Å². The van der Waals surface area contributed by atoms with Crippen molar-refractivity contribution in [3.8, 4) is 11.3 Å².